The van der Waals surface area contributed by atoms with Gasteiger partial charge >= 0.3 is 5.97 Å². The minimum atomic E-state index is -1.06. The highest BCUT2D eigenvalue weighted by atomic mass is 16.6. The van der Waals surface area contributed by atoms with Crippen molar-refractivity contribution in [2.45, 2.75) is 12.5 Å². The van der Waals surface area contributed by atoms with Gasteiger partial charge in [0, 0.05) is 17.5 Å². The molecule has 0 aromatic heterocycles. The fraction of sp³-hybridized carbons (Fsp3) is 0.250. The molecule has 0 bridgehead atoms. The third-order valence-electron chi connectivity index (χ3n) is 4.47. The Hall–Kier alpha value is -3.35. The molecule has 1 heterocycles. The zero-order valence-corrected chi connectivity index (χ0v) is 15.1. The van der Waals surface area contributed by atoms with Gasteiger partial charge in [0.25, 0.3) is 5.91 Å². The number of methoxy groups -OCH3 is 1. The number of likely N-dealkylation sites (tertiary alicyclic amines) is 1. The smallest absolute Gasteiger partial charge is 0.326 e. The molecule has 27 heavy (non-hydrogen) atoms. The number of para-hydroxylation sites is 1. The highest BCUT2D eigenvalue weighted by Crippen LogP contribution is 2.30. The molecule has 2 aromatic carbocycles. The lowest BCUT2D eigenvalue weighted by molar-refractivity contribution is -0.141. The molecule has 1 atom stereocenters. The summed E-state index contributed by atoms with van der Waals surface area (Å²) in [5.41, 5.74) is 2.77. The van der Waals surface area contributed by atoms with Gasteiger partial charge < -0.3 is 19.6 Å². The average molecular weight is 368 g/mol. The zero-order valence-electron chi connectivity index (χ0n) is 15.1. The van der Waals surface area contributed by atoms with E-state index in [4.69, 9.17) is 9.57 Å². The Morgan fingerprint density at radius 3 is 2.44 bits per heavy atom. The van der Waals surface area contributed by atoms with Crippen molar-refractivity contribution in [3.05, 3.63) is 54.1 Å². The first kappa shape index (κ1) is 18.4. The number of carbonyl (C=O) groups is 2. The van der Waals surface area contributed by atoms with Gasteiger partial charge in [-0.05, 0) is 23.8 Å². The lowest BCUT2D eigenvalue weighted by Gasteiger charge is -2.20. The van der Waals surface area contributed by atoms with Crippen LogP contribution in [0.3, 0.4) is 0 Å². The monoisotopic (exact) mass is 368 g/mol. The first-order chi connectivity index (χ1) is 13.0. The number of rotatable bonds is 5. The number of hydrogen-bond acceptors (Lipinski definition) is 5. The molecule has 0 radical (unpaired) electrons. The van der Waals surface area contributed by atoms with E-state index in [1.54, 1.807) is 19.2 Å². The van der Waals surface area contributed by atoms with E-state index in [1.807, 2.05) is 36.4 Å². The number of carboxylic acid groups (broad SMARTS) is 1. The molecule has 140 valence electrons. The maximum Gasteiger partial charge on any atom is 0.326 e. The summed E-state index contributed by atoms with van der Waals surface area (Å²) in [6.45, 7) is 0.137. The fourth-order valence-corrected chi connectivity index (χ4v) is 3.18. The molecule has 0 spiro atoms. The SMILES string of the molecule is CON=C1C[C@@H](C(=O)O)N(C(=O)c2ccc(-c3ccccc3OC)cc2)C1. The zero-order chi connectivity index (χ0) is 19.4. The number of carbonyl (C=O) groups excluding carboxylic acids is 1. The Morgan fingerprint density at radius 1 is 1.11 bits per heavy atom. The van der Waals surface area contributed by atoms with E-state index in [1.165, 1.54) is 12.0 Å². The molecule has 1 saturated heterocycles. The summed E-state index contributed by atoms with van der Waals surface area (Å²) in [7, 11) is 3.00. The van der Waals surface area contributed by atoms with Gasteiger partial charge in [-0.1, -0.05) is 35.5 Å². The fourth-order valence-electron chi connectivity index (χ4n) is 3.18. The molecule has 7 nitrogen and oxygen atoms in total. The maximum atomic E-state index is 12.8. The quantitative estimate of drug-likeness (QED) is 0.820. The Bertz CT molecular complexity index is 876. The number of aliphatic carboxylic acids is 1. The molecule has 1 aliphatic rings. The summed E-state index contributed by atoms with van der Waals surface area (Å²) < 4.78 is 5.37. The van der Waals surface area contributed by atoms with E-state index in [-0.39, 0.29) is 18.9 Å². The van der Waals surface area contributed by atoms with Crippen molar-refractivity contribution in [3.8, 4) is 16.9 Å². The first-order valence-corrected chi connectivity index (χ1v) is 8.41. The van der Waals surface area contributed by atoms with Crippen LogP contribution >= 0.6 is 0 Å². The Balaban J connectivity index is 1.85. The van der Waals surface area contributed by atoms with Crippen molar-refractivity contribution < 1.29 is 24.3 Å². The first-order valence-electron chi connectivity index (χ1n) is 8.41. The van der Waals surface area contributed by atoms with Gasteiger partial charge in [-0.25, -0.2) is 4.79 Å². The molecule has 1 N–H and O–H groups in total. The van der Waals surface area contributed by atoms with E-state index >= 15 is 0 Å². The summed E-state index contributed by atoms with van der Waals surface area (Å²) in [6.07, 6.45) is 0.161. The van der Waals surface area contributed by atoms with Crippen molar-refractivity contribution >= 4 is 17.6 Å². The average Bonchev–Trinajstić information content (AvgIpc) is 3.12. The third kappa shape index (κ3) is 3.76. The van der Waals surface area contributed by atoms with Gasteiger partial charge in [0.2, 0.25) is 0 Å². The Kier molecular flexibility index (Phi) is 5.40. The summed E-state index contributed by atoms with van der Waals surface area (Å²) in [5.74, 6) is -0.673. The second-order valence-corrected chi connectivity index (χ2v) is 6.11. The number of carboxylic acids is 1. The molecule has 3 rings (SSSR count). The molecular formula is C20H20N2O5. The normalized spacial score (nSPS) is 17.8. The van der Waals surface area contributed by atoms with Crippen LogP contribution in [-0.4, -0.2) is 54.4 Å². The van der Waals surface area contributed by atoms with Crippen LogP contribution in [0.4, 0.5) is 0 Å². The van der Waals surface area contributed by atoms with Crippen molar-refractivity contribution in [2.24, 2.45) is 5.16 Å². The van der Waals surface area contributed by atoms with Gasteiger partial charge in [0.15, 0.2) is 0 Å². The van der Waals surface area contributed by atoms with Crippen LogP contribution in [0.15, 0.2) is 53.7 Å². The van der Waals surface area contributed by atoms with Gasteiger partial charge in [-0.15, -0.1) is 0 Å². The second kappa shape index (κ2) is 7.90. The molecule has 7 heteroatoms. The number of ether oxygens (including phenoxy) is 1. The predicted octanol–water partition coefficient (Wildman–Crippen LogP) is 2.66. The summed E-state index contributed by atoms with van der Waals surface area (Å²) in [4.78, 5) is 30.4. The van der Waals surface area contributed by atoms with Crippen LogP contribution in [-0.2, 0) is 9.63 Å². The van der Waals surface area contributed by atoms with Crippen molar-refractivity contribution in [1.29, 1.82) is 0 Å². The highest BCUT2D eigenvalue weighted by molar-refractivity contribution is 6.04. The van der Waals surface area contributed by atoms with Gasteiger partial charge in [0.05, 0.1) is 19.4 Å². The summed E-state index contributed by atoms with van der Waals surface area (Å²) >= 11 is 0. The largest absolute Gasteiger partial charge is 0.496 e. The molecule has 0 saturated carbocycles. The number of hydrogen-bond donors (Lipinski definition) is 1. The lowest BCUT2D eigenvalue weighted by Crippen LogP contribution is -2.40. The molecule has 2 aromatic rings. The van der Waals surface area contributed by atoms with E-state index in [9.17, 15) is 14.7 Å². The highest BCUT2D eigenvalue weighted by Gasteiger charge is 2.38. The van der Waals surface area contributed by atoms with Crippen LogP contribution in [0, 0.1) is 0 Å². The van der Waals surface area contributed by atoms with Gasteiger partial charge in [-0.2, -0.15) is 0 Å². The minimum absolute atomic E-state index is 0.137. The number of amides is 1. The maximum absolute atomic E-state index is 12.8. The summed E-state index contributed by atoms with van der Waals surface area (Å²) in [5, 5.41) is 13.2. The Labute approximate surface area is 156 Å². The predicted molar refractivity (Wildman–Crippen MR) is 100.0 cm³/mol. The second-order valence-electron chi connectivity index (χ2n) is 6.11. The van der Waals surface area contributed by atoms with Crippen LogP contribution in [0.25, 0.3) is 11.1 Å². The van der Waals surface area contributed by atoms with Gasteiger partial charge in [-0.3, -0.25) is 4.79 Å². The summed E-state index contributed by atoms with van der Waals surface area (Å²) in [6, 6.07) is 13.7. The van der Waals surface area contributed by atoms with Crippen molar-refractivity contribution in [2.75, 3.05) is 20.8 Å². The topological polar surface area (TPSA) is 88.4 Å². The molecule has 0 unspecified atom stereocenters. The lowest BCUT2D eigenvalue weighted by atomic mass is 10.0. The number of nitrogens with zero attached hydrogens (tertiary/aromatic N) is 2. The van der Waals surface area contributed by atoms with E-state index in [2.05, 4.69) is 5.16 Å². The van der Waals surface area contributed by atoms with Crippen LogP contribution < -0.4 is 4.74 Å². The number of benzene rings is 2. The third-order valence-corrected chi connectivity index (χ3v) is 4.47. The van der Waals surface area contributed by atoms with Crippen molar-refractivity contribution in [3.63, 3.8) is 0 Å². The van der Waals surface area contributed by atoms with Crippen LogP contribution in [0.1, 0.15) is 16.8 Å². The molecule has 1 aliphatic heterocycles. The van der Waals surface area contributed by atoms with E-state index in [0.29, 0.717) is 11.3 Å². The molecular weight excluding hydrogens is 348 g/mol. The van der Waals surface area contributed by atoms with Crippen molar-refractivity contribution in [1.82, 2.24) is 4.90 Å². The molecule has 1 amide bonds. The Morgan fingerprint density at radius 2 is 1.81 bits per heavy atom. The van der Waals surface area contributed by atoms with Gasteiger partial charge in [0.1, 0.15) is 18.9 Å². The van der Waals surface area contributed by atoms with Crippen LogP contribution in [0.5, 0.6) is 5.75 Å². The molecule has 1 fully saturated rings. The minimum Gasteiger partial charge on any atom is -0.496 e. The van der Waals surface area contributed by atoms with E-state index in [0.717, 1.165) is 16.9 Å². The number of oxime groups is 1. The standard InChI is InChI=1S/C20H20N2O5/c1-26-18-6-4-3-5-16(18)13-7-9-14(10-8-13)19(23)22-12-15(21-27-2)11-17(22)20(24)25/h3-10,17H,11-12H2,1-2H3,(H,24,25)/t17-/m0/s1. The van der Waals surface area contributed by atoms with Crippen LogP contribution in [0.2, 0.25) is 0 Å². The van der Waals surface area contributed by atoms with E-state index < -0.39 is 12.0 Å². The molecule has 0 aliphatic carbocycles.